The van der Waals surface area contributed by atoms with E-state index in [2.05, 4.69) is 16.4 Å². The number of hydrogen-bond acceptors (Lipinski definition) is 3. The smallest absolute Gasteiger partial charge is 0.251 e. The molecule has 4 nitrogen and oxygen atoms in total. The van der Waals surface area contributed by atoms with Crippen molar-refractivity contribution in [2.45, 2.75) is 27.2 Å². The number of pyridine rings is 1. The van der Waals surface area contributed by atoms with Gasteiger partial charge in [-0.2, -0.15) is 5.26 Å². The molecular formula is C13H16ClN3O. The van der Waals surface area contributed by atoms with E-state index in [0.717, 1.165) is 5.69 Å². The Bertz CT molecular complexity index is 491. The molecule has 0 saturated heterocycles. The first-order valence-corrected chi connectivity index (χ1v) is 6.11. The van der Waals surface area contributed by atoms with Crippen LogP contribution in [0.25, 0.3) is 0 Å². The summed E-state index contributed by atoms with van der Waals surface area (Å²) < 4.78 is 0. The van der Waals surface area contributed by atoms with E-state index in [1.54, 1.807) is 19.9 Å². The number of carbonyl (C=O) groups is 1. The van der Waals surface area contributed by atoms with Gasteiger partial charge in [0.1, 0.15) is 5.15 Å². The van der Waals surface area contributed by atoms with Crippen LogP contribution < -0.4 is 5.32 Å². The lowest BCUT2D eigenvalue weighted by Gasteiger charge is -2.16. The van der Waals surface area contributed by atoms with E-state index in [-0.39, 0.29) is 5.91 Å². The van der Waals surface area contributed by atoms with Gasteiger partial charge in [-0.1, -0.05) is 18.5 Å². The predicted octanol–water partition coefficient (Wildman–Crippen LogP) is 2.58. The van der Waals surface area contributed by atoms with Crippen LogP contribution in [0.4, 0.5) is 0 Å². The number of hydrogen-bond donors (Lipinski definition) is 1. The maximum Gasteiger partial charge on any atom is 0.251 e. The largest absolute Gasteiger partial charge is 0.350 e. The van der Waals surface area contributed by atoms with Crippen molar-refractivity contribution in [1.82, 2.24) is 10.3 Å². The maximum atomic E-state index is 11.9. The molecule has 0 aliphatic heterocycles. The molecule has 0 spiro atoms. The van der Waals surface area contributed by atoms with Crippen LogP contribution in [0.3, 0.4) is 0 Å². The molecule has 1 heterocycles. The van der Waals surface area contributed by atoms with E-state index in [9.17, 15) is 4.79 Å². The molecule has 0 aromatic carbocycles. The molecule has 0 radical (unpaired) electrons. The van der Waals surface area contributed by atoms with Crippen molar-refractivity contribution in [3.8, 4) is 6.07 Å². The second kappa shape index (κ2) is 5.83. The van der Waals surface area contributed by atoms with Crippen molar-refractivity contribution in [1.29, 1.82) is 5.26 Å². The molecule has 0 saturated carbocycles. The van der Waals surface area contributed by atoms with Crippen LogP contribution in [0.1, 0.15) is 36.8 Å². The summed E-state index contributed by atoms with van der Waals surface area (Å²) in [5, 5.41) is 11.9. The highest BCUT2D eigenvalue weighted by atomic mass is 35.5. The molecule has 0 aliphatic carbocycles. The van der Waals surface area contributed by atoms with E-state index in [1.165, 1.54) is 6.07 Å². The molecule has 1 aromatic heterocycles. The minimum atomic E-state index is -0.583. The third-order valence-electron chi connectivity index (χ3n) is 2.47. The number of aromatic nitrogens is 1. The first-order valence-electron chi connectivity index (χ1n) is 5.74. The van der Waals surface area contributed by atoms with Gasteiger partial charge < -0.3 is 5.32 Å². The van der Waals surface area contributed by atoms with Crippen LogP contribution in [-0.2, 0) is 6.42 Å². The molecule has 18 heavy (non-hydrogen) atoms. The van der Waals surface area contributed by atoms with Gasteiger partial charge in [-0.05, 0) is 32.4 Å². The highest BCUT2D eigenvalue weighted by molar-refractivity contribution is 6.29. The Morgan fingerprint density at radius 2 is 2.22 bits per heavy atom. The maximum absolute atomic E-state index is 11.9. The first kappa shape index (κ1) is 14.5. The summed E-state index contributed by atoms with van der Waals surface area (Å²) >= 11 is 5.85. The van der Waals surface area contributed by atoms with Crippen LogP contribution in [0.15, 0.2) is 12.1 Å². The van der Waals surface area contributed by atoms with Crippen molar-refractivity contribution < 1.29 is 4.79 Å². The zero-order valence-electron chi connectivity index (χ0n) is 10.7. The summed E-state index contributed by atoms with van der Waals surface area (Å²) in [4.78, 5) is 16.0. The Labute approximate surface area is 112 Å². The molecule has 0 bridgehead atoms. The van der Waals surface area contributed by atoms with Crippen molar-refractivity contribution >= 4 is 17.5 Å². The Kier molecular flexibility index (Phi) is 4.69. The minimum Gasteiger partial charge on any atom is -0.350 e. The zero-order valence-corrected chi connectivity index (χ0v) is 11.5. The fourth-order valence-corrected chi connectivity index (χ4v) is 1.53. The van der Waals surface area contributed by atoms with E-state index in [4.69, 9.17) is 16.9 Å². The summed E-state index contributed by atoms with van der Waals surface area (Å²) in [6.07, 6.45) is 0.713. The number of aryl methyl sites for hydroxylation is 1. The molecule has 1 amide bonds. The molecule has 0 aliphatic rings. The van der Waals surface area contributed by atoms with Crippen molar-refractivity contribution in [3.05, 3.63) is 28.5 Å². The lowest BCUT2D eigenvalue weighted by molar-refractivity contribution is 0.0943. The summed E-state index contributed by atoms with van der Waals surface area (Å²) in [5.74, 6) is -0.239. The SMILES string of the molecule is CCc1cc(C(=O)NCC(C)(C)C#N)cc(Cl)n1. The normalized spacial score (nSPS) is 10.8. The highest BCUT2D eigenvalue weighted by Crippen LogP contribution is 2.13. The molecule has 1 rings (SSSR count). The number of halogens is 1. The number of carbonyl (C=O) groups excluding carboxylic acids is 1. The van der Waals surface area contributed by atoms with Gasteiger partial charge in [-0.3, -0.25) is 4.79 Å². The van der Waals surface area contributed by atoms with Gasteiger partial charge in [0.2, 0.25) is 0 Å². The molecule has 5 heteroatoms. The predicted molar refractivity (Wildman–Crippen MR) is 70.4 cm³/mol. The summed E-state index contributed by atoms with van der Waals surface area (Å²) in [5.41, 5.74) is 0.660. The van der Waals surface area contributed by atoms with E-state index < -0.39 is 5.41 Å². The molecule has 1 N–H and O–H groups in total. The van der Waals surface area contributed by atoms with Gasteiger partial charge in [-0.15, -0.1) is 0 Å². The Morgan fingerprint density at radius 1 is 1.56 bits per heavy atom. The average Bonchev–Trinajstić information content (AvgIpc) is 2.35. The lowest BCUT2D eigenvalue weighted by Crippen LogP contribution is -2.33. The third-order valence-corrected chi connectivity index (χ3v) is 2.66. The van der Waals surface area contributed by atoms with Crippen molar-refractivity contribution in [3.63, 3.8) is 0 Å². The molecule has 0 fully saturated rings. The number of amides is 1. The van der Waals surface area contributed by atoms with Gasteiger partial charge in [0.25, 0.3) is 5.91 Å². The zero-order chi connectivity index (χ0) is 13.8. The van der Waals surface area contributed by atoms with E-state index in [0.29, 0.717) is 23.7 Å². The molecule has 0 atom stereocenters. The van der Waals surface area contributed by atoms with Crippen molar-refractivity contribution in [2.75, 3.05) is 6.54 Å². The van der Waals surface area contributed by atoms with Crippen LogP contribution >= 0.6 is 11.6 Å². The molecule has 1 aromatic rings. The number of nitriles is 1. The fraction of sp³-hybridized carbons (Fsp3) is 0.462. The van der Waals surface area contributed by atoms with Gasteiger partial charge in [0, 0.05) is 17.8 Å². The minimum absolute atomic E-state index is 0.239. The van der Waals surface area contributed by atoms with Gasteiger partial charge in [0.15, 0.2) is 0 Å². The number of nitrogens with one attached hydrogen (secondary N) is 1. The number of rotatable bonds is 4. The topological polar surface area (TPSA) is 65.8 Å². The standard InChI is InChI=1S/C13H16ClN3O/c1-4-10-5-9(6-11(14)17-10)12(18)16-8-13(2,3)7-15/h5-6H,4,8H2,1-3H3,(H,16,18). The Morgan fingerprint density at radius 3 is 2.78 bits per heavy atom. The van der Waals surface area contributed by atoms with E-state index in [1.807, 2.05) is 6.92 Å². The summed E-state index contributed by atoms with van der Waals surface area (Å²) in [6, 6.07) is 5.36. The second-order valence-corrected chi connectivity index (χ2v) is 5.09. The lowest BCUT2D eigenvalue weighted by atomic mass is 9.96. The average molecular weight is 266 g/mol. The van der Waals surface area contributed by atoms with Crippen LogP contribution in [-0.4, -0.2) is 17.4 Å². The van der Waals surface area contributed by atoms with Gasteiger partial charge in [0.05, 0.1) is 11.5 Å². The summed E-state index contributed by atoms with van der Waals surface area (Å²) in [7, 11) is 0. The molecule has 0 unspecified atom stereocenters. The monoisotopic (exact) mass is 265 g/mol. The van der Waals surface area contributed by atoms with Crippen LogP contribution in [0.5, 0.6) is 0 Å². The third kappa shape index (κ3) is 4.01. The molecular weight excluding hydrogens is 250 g/mol. The Balaban J connectivity index is 2.79. The van der Waals surface area contributed by atoms with Crippen molar-refractivity contribution in [2.24, 2.45) is 5.41 Å². The van der Waals surface area contributed by atoms with Gasteiger partial charge >= 0.3 is 0 Å². The van der Waals surface area contributed by atoms with Gasteiger partial charge in [-0.25, -0.2) is 4.98 Å². The molecule has 96 valence electrons. The van der Waals surface area contributed by atoms with E-state index >= 15 is 0 Å². The van der Waals surface area contributed by atoms with Crippen LogP contribution in [0.2, 0.25) is 5.15 Å². The highest BCUT2D eigenvalue weighted by Gasteiger charge is 2.18. The first-order chi connectivity index (χ1) is 8.38. The fourth-order valence-electron chi connectivity index (χ4n) is 1.31. The van der Waals surface area contributed by atoms with Crippen LogP contribution in [0, 0.1) is 16.7 Å². The quantitative estimate of drug-likeness (QED) is 0.851. The summed E-state index contributed by atoms with van der Waals surface area (Å²) in [6.45, 7) is 5.78. The number of nitrogens with zero attached hydrogens (tertiary/aromatic N) is 2. The Hall–Kier alpha value is -1.60. The second-order valence-electron chi connectivity index (χ2n) is 4.70.